The number of hydrogen-bond acceptors (Lipinski definition) is 3. The summed E-state index contributed by atoms with van der Waals surface area (Å²) in [4.78, 5) is 12.0. The number of anilines is 1. The van der Waals surface area contributed by atoms with Crippen LogP contribution in [-0.4, -0.2) is 18.7 Å². The Kier molecular flexibility index (Phi) is 4.15. The van der Waals surface area contributed by atoms with E-state index in [0.717, 1.165) is 5.56 Å². The lowest BCUT2D eigenvalue weighted by molar-refractivity contribution is 0.102. The van der Waals surface area contributed by atoms with Crippen molar-refractivity contribution >= 4 is 17.3 Å². The number of hydrogen-bond donors (Lipinski definition) is 2. The van der Waals surface area contributed by atoms with Crippen molar-refractivity contribution in [1.82, 2.24) is 0 Å². The lowest BCUT2D eigenvalue weighted by Crippen LogP contribution is -2.11. The molecule has 0 heterocycles. The highest BCUT2D eigenvalue weighted by atomic mass is 16.5. The van der Waals surface area contributed by atoms with E-state index in [1.165, 1.54) is 0 Å². The molecule has 0 fully saturated rings. The van der Waals surface area contributed by atoms with Gasteiger partial charge in [-0.15, -0.1) is 0 Å². The summed E-state index contributed by atoms with van der Waals surface area (Å²) in [5, 5.41) is 10.3. The Bertz CT molecular complexity index is 616. The van der Waals surface area contributed by atoms with Crippen molar-refractivity contribution in [2.24, 2.45) is 0 Å². The quantitative estimate of drug-likeness (QED) is 0.835. The summed E-state index contributed by atoms with van der Waals surface area (Å²) >= 11 is 0. The zero-order valence-electron chi connectivity index (χ0n) is 11.4. The van der Waals surface area contributed by atoms with Gasteiger partial charge in [-0.2, -0.15) is 0 Å². The zero-order chi connectivity index (χ0) is 14.5. The molecule has 0 spiro atoms. The summed E-state index contributed by atoms with van der Waals surface area (Å²) in [5.41, 5.74) is 2.61. The largest absolute Gasteiger partial charge is 0.497 e. The van der Waals surface area contributed by atoms with Crippen molar-refractivity contribution in [2.45, 2.75) is 6.92 Å². The van der Waals surface area contributed by atoms with Gasteiger partial charge in [0.25, 0.3) is 5.91 Å². The highest BCUT2D eigenvalue weighted by Gasteiger charge is 2.06. The van der Waals surface area contributed by atoms with Crippen LogP contribution in [0.1, 0.15) is 22.8 Å². The maximum Gasteiger partial charge on any atom is 0.255 e. The maximum atomic E-state index is 12.0. The van der Waals surface area contributed by atoms with Crippen LogP contribution in [0.3, 0.4) is 0 Å². The van der Waals surface area contributed by atoms with Gasteiger partial charge in [0.1, 0.15) is 5.75 Å². The second-order valence-corrected chi connectivity index (χ2v) is 4.38. The Morgan fingerprint density at radius 1 is 1.00 bits per heavy atom. The van der Waals surface area contributed by atoms with Gasteiger partial charge in [0.15, 0.2) is 0 Å². The van der Waals surface area contributed by atoms with Crippen molar-refractivity contribution in [3.05, 3.63) is 59.7 Å². The van der Waals surface area contributed by atoms with Gasteiger partial charge in [-0.25, -0.2) is 0 Å². The van der Waals surface area contributed by atoms with Crippen LogP contribution in [-0.2, 0) is 0 Å². The number of methoxy groups -OCH3 is 1. The summed E-state index contributed by atoms with van der Waals surface area (Å²) in [5.74, 6) is 0.541. The van der Waals surface area contributed by atoms with Crippen LogP contribution in [0.25, 0.3) is 0 Å². The average Bonchev–Trinajstić information content (AvgIpc) is 2.48. The molecule has 0 saturated carbocycles. The third kappa shape index (κ3) is 3.23. The van der Waals surface area contributed by atoms with Crippen molar-refractivity contribution in [2.75, 3.05) is 12.4 Å². The second kappa shape index (κ2) is 6.02. The van der Waals surface area contributed by atoms with Crippen molar-refractivity contribution in [3.8, 4) is 5.75 Å². The van der Waals surface area contributed by atoms with E-state index in [2.05, 4.69) is 5.32 Å². The minimum Gasteiger partial charge on any atom is -0.497 e. The van der Waals surface area contributed by atoms with Crippen molar-refractivity contribution < 1.29 is 9.53 Å². The third-order valence-electron chi connectivity index (χ3n) is 2.93. The summed E-state index contributed by atoms with van der Waals surface area (Å²) in [7, 11) is 1.59. The molecule has 0 saturated heterocycles. The topological polar surface area (TPSA) is 62.2 Å². The molecule has 4 nitrogen and oxygen atoms in total. The van der Waals surface area contributed by atoms with Crippen molar-refractivity contribution in [1.29, 1.82) is 5.41 Å². The summed E-state index contributed by atoms with van der Waals surface area (Å²) in [6.45, 7) is 1.73. The SMILES string of the molecule is COc1ccc(C(=O)Nc2ccc(C(C)=N)cc2)cc1. The molecular formula is C16H16N2O2. The Labute approximate surface area is 117 Å². The number of carbonyl (C=O) groups excluding carboxylic acids is 1. The summed E-state index contributed by atoms with van der Waals surface area (Å²) < 4.78 is 5.05. The minimum absolute atomic E-state index is 0.174. The molecule has 0 bridgehead atoms. The lowest BCUT2D eigenvalue weighted by Gasteiger charge is -2.07. The fraction of sp³-hybridized carbons (Fsp3) is 0.125. The Balaban J connectivity index is 2.08. The molecule has 4 heteroatoms. The van der Waals surface area contributed by atoms with E-state index >= 15 is 0 Å². The predicted molar refractivity (Wildman–Crippen MR) is 79.9 cm³/mol. The number of nitrogens with one attached hydrogen (secondary N) is 2. The standard InChI is InChI=1S/C16H16N2O2/c1-11(17)12-3-7-14(8-4-12)18-16(19)13-5-9-15(20-2)10-6-13/h3-10,17H,1-2H3,(H,18,19). The molecule has 0 aliphatic carbocycles. The first-order chi connectivity index (χ1) is 9.60. The van der Waals surface area contributed by atoms with Crippen LogP contribution < -0.4 is 10.1 Å². The predicted octanol–water partition coefficient (Wildman–Crippen LogP) is 3.34. The molecule has 0 atom stereocenters. The molecule has 2 aromatic rings. The highest BCUT2D eigenvalue weighted by Crippen LogP contribution is 2.14. The number of rotatable bonds is 4. The first-order valence-corrected chi connectivity index (χ1v) is 6.21. The van der Waals surface area contributed by atoms with E-state index in [1.54, 1.807) is 50.4 Å². The average molecular weight is 268 g/mol. The van der Waals surface area contributed by atoms with Gasteiger partial charge in [-0.05, 0) is 48.9 Å². The lowest BCUT2D eigenvalue weighted by atomic mass is 10.1. The molecule has 102 valence electrons. The third-order valence-corrected chi connectivity index (χ3v) is 2.93. The van der Waals surface area contributed by atoms with Gasteiger partial charge < -0.3 is 15.5 Å². The van der Waals surface area contributed by atoms with Gasteiger partial charge in [0, 0.05) is 17.0 Å². The van der Waals surface area contributed by atoms with E-state index in [9.17, 15) is 4.79 Å². The molecule has 2 rings (SSSR count). The Morgan fingerprint density at radius 2 is 1.55 bits per heavy atom. The van der Waals surface area contributed by atoms with Crippen LogP contribution >= 0.6 is 0 Å². The maximum absolute atomic E-state index is 12.0. The monoisotopic (exact) mass is 268 g/mol. The van der Waals surface area contributed by atoms with Crippen molar-refractivity contribution in [3.63, 3.8) is 0 Å². The fourth-order valence-corrected chi connectivity index (χ4v) is 1.75. The first-order valence-electron chi connectivity index (χ1n) is 6.21. The highest BCUT2D eigenvalue weighted by molar-refractivity contribution is 6.04. The summed E-state index contributed by atoms with van der Waals surface area (Å²) in [6, 6.07) is 14.1. The molecule has 1 amide bonds. The normalized spacial score (nSPS) is 9.90. The summed E-state index contributed by atoms with van der Waals surface area (Å²) in [6.07, 6.45) is 0. The van der Waals surface area contributed by atoms with E-state index < -0.39 is 0 Å². The first kappa shape index (κ1) is 13.8. The molecule has 0 aromatic heterocycles. The fourth-order valence-electron chi connectivity index (χ4n) is 1.75. The minimum atomic E-state index is -0.174. The second-order valence-electron chi connectivity index (χ2n) is 4.38. The van der Waals surface area contributed by atoms with Gasteiger partial charge in [-0.3, -0.25) is 4.79 Å². The molecule has 0 radical (unpaired) electrons. The molecule has 0 aliphatic rings. The molecule has 2 N–H and O–H groups in total. The van der Waals surface area contributed by atoms with Crippen LogP contribution in [0.15, 0.2) is 48.5 Å². The molecule has 0 aliphatic heterocycles. The molecule has 20 heavy (non-hydrogen) atoms. The number of ether oxygens (including phenoxy) is 1. The van der Waals surface area contributed by atoms with E-state index in [4.69, 9.17) is 10.1 Å². The van der Waals surface area contributed by atoms with Crippen LogP contribution in [0.4, 0.5) is 5.69 Å². The van der Waals surface area contributed by atoms with E-state index in [0.29, 0.717) is 22.7 Å². The van der Waals surface area contributed by atoms with Gasteiger partial charge >= 0.3 is 0 Å². The van der Waals surface area contributed by atoms with E-state index in [-0.39, 0.29) is 5.91 Å². The molecule has 0 unspecified atom stereocenters. The van der Waals surface area contributed by atoms with Gasteiger partial charge in [-0.1, -0.05) is 12.1 Å². The van der Waals surface area contributed by atoms with Gasteiger partial charge in [0.05, 0.1) is 7.11 Å². The Morgan fingerprint density at radius 3 is 2.05 bits per heavy atom. The molecule has 2 aromatic carbocycles. The molecular weight excluding hydrogens is 252 g/mol. The number of carbonyl (C=O) groups is 1. The van der Waals surface area contributed by atoms with Gasteiger partial charge in [0.2, 0.25) is 0 Å². The van der Waals surface area contributed by atoms with Crippen LogP contribution in [0.5, 0.6) is 5.75 Å². The van der Waals surface area contributed by atoms with Crippen LogP contribution in [0.2, 0.25) is 0 Å². The zero-order valence-corrected chi connectivity index (χ0v) is 11.4. The van der Waals surface area contributed by atoms with E-state index in [1.807, 2.05) is 12.1 Å². The van der Waals surface area contributed by atoms with Crippen LogP contribution in [0, 0.1) is 5.41 Å². The number of amides is 1. The number of benzene rings is 2. The smallest absolute Gasteiger partial charge is 0.255 e. The Hall–Kier alpha value is -2.62.